The average Bonchev–Trinajstić information content (AvgIpc) is 3.07. The van der Waals surface area contributed by atoms with Gasteiger partial charge in [-0.1, -0.05) is 17.3 Å². The maximum Gasteiger partial charge on any atom is 0.276 e. The summed E-state index contributed by atoms with van der Waals surface area (Å²) in [6.07, 6.45) is 2.04. The molecule has 2 atom stereocenters. The highest BCUT2D eigenvalue weighted by atomic mass is 32.2. The van der Waals surface area contributed by atoms with Crippen LogP contribution in [-0.4, -0.2) is 47.5 Å². The third kappa shape index (κ3) is 4.35. The summed E-state index contributed by atoms with van der Waals surface area (Å²) < 4.78 is 16.7. The molecular weight excluding hydrogens is 340 g/mol. The summed E-state index contributed by atoms with van der Waals surface area (Å²) in [5.74, 6) is 1.17. The van der Waals surface area contributed by atoms with Crippen LogP contribution in [0.25, 0.3) is 0 Å². The van der Waals surface area contributed by atoms with Crippen molar-refractivity contribution in [1.29, 1.82) is 0 Å². The molecule has 7 heteroatoms. The van der Waals surface area contributed by atoms with Gasteiger partial charge in [-0.15, -0.1) is 11.8 Å². The summed E-state index contributed by atoms with van der Waals surface area (Å²) in [5, 5.41) is 3.90. The van der Waals surface area contributed by atoms with Crippen LogP contribution in [0.5, 0.6) is 5.75 Å². The third-order valence-corrected chi connectivity index (χ3v) is 4.70. The first-order valence-electron chi connectivity index (χ1n) is 8.23. The average molecular weight is 362 g/mol. The lowest BCUT2D eigenvalue weighted by Gasteiger charge is -2.34. The fraction of sp³-hybridized carbons (Fsp3) is 0.444. The van der Waals surface area contributed by atoms with Gasteiger partial charge < -0.3 is 18.9 Å². The van der Waals surface area contributed by atoms with Gasteiger partial charge >= 0.3 is 0 Å². The first-order chi connectivity index (χ1) is 12.1. The zero-order valence-electron chi connectivity index (χ0n) is 14.6. The largest absolute Gasteiger partial charge is 0.484 e. The summed E-state index contributed by atoms with van der Waals surface area (Å²) in [5.41, 5.74) is 0.304. The summed E-state index contributed by atoms with van der Waals surface area (Å²) >= 11 is 1.62. The Labute approximate surface area is 151 Å². The van der Waals surface area contributed by atoms with Crippen LogP contribution in [0, 0.1) is 0 Å². The molecule has 0 bridgehead atoms. The number of benzene rings is 1. The van der Waals surface area contributed by atoms with Crippen LogP contribution in [0.4, 0.5) is 0 Å². The van der Waals surface area contributed by atoms with Crippen molar-refractivity contribution in [2.45, 2.75) is 37.6 Å². The Bertz CT molecular complexity index is 723. The smallest absolute Gasteiger partial charge is 0.276 e. The number of morpholine rings is 1. The second-order valence-corrected chi connectivity index (χ2v) is 6.93. The minimum absolute atomic E-state index is 0.0189. The summed E-state index contributed by atoms with van der Waals surface area (Å²) in [4.78, 5) is 15.4. The lowest BCUT2D eigenvalue weighted by molar-refractivity contribution is -0.0588. The molecule has 0 N–H and O–H groups in total. The number of hydrogen-bond donors (Lipinski definition) is 0. The van der Waals surface area contributed by atoms with Crippen molar-refractivity contribution in [1.82, 2.24) is 10.1 Å². The molecule has 1 aliphatic rings. The van der Waals surface area contributed by atoms with E-state index in [4.69, 9.17) is 14.0 Å². The van der Waals surface area contributed by atoms with E-state index in [2.05, 4.69) is 5.16 Å². The third-order valence-electron chi connectivity index (χ3n) is 3.92. The number of para-hydroxylation sites is 1. The van der Waals surface area contributed by atoms with E-state index in [0.717, 1.165) is 10.6 Å². The van der Waals surface area contributed by atoms with Crippen molar-refractivity contribution in [3.8, 4) is 5.75 Å². The normalized spacial score (nSPS) is 20.5. The zero-order valence-corrected chi connectivity index (χ0v) is 15.4. The highest BCUT2D eigenvalue weighted by Gasteiger charge is 2.28. The van der Waals surface area contributed by atoms with Crippen molar-refractivity contribution < 1.29 is 18.8 Å². The van der Waals surface area contributed by atoms with E-state index in [0.29, 0.717) is 24.5 Å². The number of nitrogens with zero attached hydrogens (tertiary/aromatic N) is 2. The predicted octanol–water partition coefficient (Wildman–Crippen LogP) is 3.22. The minimum Gasteiger partial charge on any atom is -0.484 e. The number of thioether (sulfide) groups is 1. The second kappa shape index (κ2) is 7.93. The molecule has 6 nitrogen and oxygen atoms in total. The summed E-state index contributed by atoms with van der Waals surface area (Å²) in [6, 6.07) is 9.44. The maximum atomic E-state index is 12.6. The van der Waals surface area contributed by atoms with E-state index >= 15 is 0 Å². The van der Waals surface area contributed by atoms with Gasteiger partial charge in [-0.25, -0.2) is 0 Å². The van der Waals surface area contributed by atoms with Gasteiger partial charge in [-0.2, -0.15) is 0 Å². The fourth-order valence-electron chi connectivity index (χ4n) is 2.87. The van der Waals surface area contributed by atoms with Gasteiger partial charge in [0.15, 0.2) is 11.5 Å². The molecule has 0 unspecified atom stereocenters. The van der Waals surface area contributed by atoms with Gasteiger partial charge in [-0.3, -0.25) is 4.79 Å². The van der Waals surface area contributed by atoms with Gasteiger partial charge in [0.25, 0.3) is 5.91 Å². The molecule has 2 aromatic rings. The number of carbonyl (C=O) groups excluding carboxylic acids is 1. The second-order valence-electron chi connectivity index (χ2n) is 6.09. The van der Waals surface area contributed by atoms with Crippen molar-refractivity contribution in [3.63, 3.8) is 0 Å². The van der Waals surface area contributed by atoms with E-state index in [1.54, 1.807) is 22.7 Å². The van der Waals surface area contributed by atoms with Crippen LogP contribution in [0.3, 0.4) is 0 Å². The Hall–Kier alpha value is -1.99. The van der Waals surface area contributed by atoms with Crippen LogP contribution in [0.15, 0.2) is 39.8 Å². The Kier molecular flexibility index (Phi) is 5.65. The molecular formula is C18H22N2O4S. The molecule has 1 amide bonds. The Morgan fingerprint density at radius 3 is 2.76 bits per heavy atom. The molecule has 1 aromatic heterocycles. The lowest BCUT2D eigenvalue weighted by atomic mass is 10.2. The van der Waals surface area contributed by atoms with Gasteiger partial charge in [-0.05, 0) is 32.2 Å². The molecule has 0 spiro atoms. The van der Waals surface area contributed by atoms with E-state index in [1.165, 1.54) is 0 Å². The van der Waals surface area contributed by atoms with Crippen molar-refractivity contribution >= 4 is 17.7 Å². The van der Waals surface area contributed by atoms with Gasteiger partial charge in [0.05, 0.1) is 12.2 Å². The molecule has 1 aliphatic heterocycles. The molecule has 0 saturated carbocycles. The molecule has 0 aliphatic carbocycles. The van der Waals surface area contributed by atoms with E-state index in [9.17, 15) is 4.79 Å². The van der Waals surface area contributed by atoms with E-state index in [-0.39, 0.29) is 24.7 Å². The number of aromatic nitrogens is 1. The first kappa shape index (κ1) is 17.8. The Morgan fingerprint density at radius 1 is 1.32 bits per heavy atom. The number of amides is 1. The van der Waals surface area contributed by atoms with Crippen LogP contribution in [0.2, 0.25) is 0 Å². The fourth-order valence-corrected chi connectivity index (χ4v) is 3.42. The van der Waals surface area contributed by atoms with Crippen LogP contribution >= 0.6 is 11.8 Å². The Morgan fingerprint density at radius 2 is 2.04 bits per heavy atom. The number of carbonyl (C=O) groups is 1. The number of hydrogen-bond acceptors (Lipinski definition) is 6. The van der Waals surface area contributed by atoms with Crippen molar-refractivity contribution in [3.05, 3.63) is 41.8 Å². The van der Waals surface area contributed by atoms with Gasteiger partial charge in [0, 0.05) is 24.1 Å². The molecule has 0 radical (unpaired) electrons. The van der Waals surface area contributed by atoms with Crippen LogP contribution in [-0.2, 0) is 11.3 Å². The Balaban J connectivity index is 1.63. The lowest BCUT2D eigenvalue weighted by Crippen LogP contribution is -2.48. The molecule has 1 fully saturated rings. The zero-order chi connectivity index (χ0) is 17.8. The molecule has 134 valence electrons. The topological polar surface area (TPSA) is 64.8 Å². The SMILES string of the molecule is CSc1ccccc1OCc1cc(C(=O)N2C[C@@H](C)O[C@@H](C)C2)no1. The van der Waals surface area contributed by atoms with Gasteiger partial charge in [0.1, 0.15) is 12.4 Å². The number of ether oxygens (including phenoxy) is 2. The van der Waals surface area contributed by atoms with Crippen molar-refractivity contribution in [2.24, 2.45) is 0 Å². The summed E-state index contributed by atoms with van der Waals surface area (Å²) in [6.45, 7) is 5.27. The minimum atomic E-state index is -0.137. The number of rotatable bonds is 5. The van der Waals surface area contributed by atoms with E-state index < -0.39 is 0 Å². The highest BCUT2D eigenvalue weighted by Crippen LogP contribution is 2.27. The molecule has 3 rings (SSSR count). The van der Waals surface area contributed by atoms with Crippen LogP contribution < -0.4 is 4.74 Å². The standard InChI is InChI=1S/C18H22N2O4S/c1-12-9-20(10-13(2)23-12)18(21)15-8-14(24-19-15)11-22-16-6-4-5-7-17(16)25-3/h4-8,12-13H,9-11H2,1-3H3/t12-,13+. The molecule has 1 aromatic carbocycles. The molecule has 25 heavy (non-hydrogen) atoms. The quantitative estimate of drug-likeness (QED) is 0.761. The molecule has 1 saturated heterocycles. The van der Waals surface area contributed by atoms with Gasteiger partial charge in [0.2, 0.25) is 0 Å². The monoisotopic (exact) mass is 362 g/mol. The summed E-state index contributed by atoms with van der Waals surface area (Å²) in [7, 11) is 0. The maximum absolute atomic E-state index is 12.6. The highest BCUT2D eigenvalue weighted by molar-refractivity contribution is 7.98. The molecule has 2 heterocycles. The van der Waals surface area contributed by atoms with E-state index in [1.807, 2.05) is 44.4 Å². The van der Waals surface area contributed by atoms with Crippen LogP contribution in [0.1, 0.15) is 30.1 Å². The van der Waals surface area contributed by atoms with Crippen molar-refractivity contribution in [2.75, 3.05) is 19.3 Å². The first-order valence-corrected chi connectivity index (χ1v) is 9.45. The predicted molar refractivity (Wildman–Crippen MR) is 95.0 cm³/mol.